The Hall–Kier alpha value is -1.76. The minimum atomic E-state index is -4.55. The summed E-state index contributed by atoms with van der Waals surface area (Å²) in [5, 5.41) is 0.190. The molecule has 0 radical (unpaired) electrons. The van der Waals surface area contributed by atoms with Crippen LogP contribution in [0.3, 0.4) is 0 Å². The monoisotopic (exact) mass is 260 g/mol. The molecule has 0 bridgehead atoms. The predicted octanol–water partition coefficient (Wildman–Crippen LogP) is 2.61. The Morgan fingerprint density at radius 2 is 1.65 bits per heavy atom. The highest BCUT2D eigenvalue weighted by molar-refractivity contribution is 6.29. The topological polar surface area (TPSA) is 51.6 Å². The Balaban J connectivity index is 2.36. The molecule has 0 aliphatic rings. The van der Waals surface area contributed by atoms with E-state index in [4.69, 9.17) is 11.6 Å². The molecule has 2 heterocycles. The van der Waals surface area contributed by atoms with Crippen molar-refractivity contribution in [2.75, 3.05) is 0 Å². The highest BCUT2D eigenvalue weighted by atomic mass is 35.5. The van der Waals surface area contributed by atoms with E-state index >= 15 is 0 Å². The summed E-state index contributed by atoms with van der Waals surface area (Å²) in [6, 6.07) is 1.41. The Morgan fingerprint density at radius 1 is 1.00 bits per heavy atom. The summed E-state index contributed by atoms with van der Waals surface area (Å²) in [6.45, 7) is 0. The molecule has 0 atom stereocenters. The fourth-order valence-electron chi connectivity index (χ4n) is 1.10. The second-order valence-corrected chi connectivity index (χ2v) is 3.41. The summed E-state index contributed by atoms with van der Waals surface area (Å²) in [5.41, 5.74) is 0.695. The molecule has 0 aliphatic heterocycles. The summed E-state index contributed by atoms with van der Waals surface area (Å²) >= 11 is 5.63. The molecule has 0 aliphatic carbocycles. The van der Waals surface area contributed by atoms with Crippen molar-refractivity contribution in [2.45, 2.75) is 6.18 Å². The average Bonchev–Trinajstić information content (AvgIpc) is 2.28. The smallest absolute Gasteiger partial charge is 0.236 e. The fraction of sp³-hybridized carbons (Fsp3) is 0.111. The molecule has 2 aromatic rings. The standard InChI is InChI=1S/C9H4ClF3N4/c10-7-1-6(16-4-17-7)5-2-14-8(15-3-5)9(11,12)13/h1-4H. The van der Waals surface area contributed by atoms with Gasteiger partial charge in [0.05, 0.1) is 5.69 Å². The third kappa shape index (κ3) is 2.68. The molecule has 4 nitrogen and oxygen atoms in total. The second-order valence-electron chi connectivity index (χ2n) is 3.02. The van der Waals surface area contributed by atoms with Crippen molar-refractivity contribution >= 4 is 11.6 Å². The van der Waals surface area contributed by atoms with E-state index in [0.717, 1.165) is 12.4 Å². The maximum Gasteiger partial charge on any atom is 0.451 e. The van der Waals surface area contributed by atoms with Crippen LogP contribution in [0, 0.1) is 0 Å². The first kappa shape index (κ1) is 11.7. The van der Waals surface area contributed by atoms with Gasteiger partial charge in [-0.2, -0.15) is 13.2 Å². The zero-order chi connectivity index (χ0) is 12.5. The Bertz CT molecular complexity index is 527. The molecule has 0 saturated heterocycles. The van der Waals surface area contributed by atoms with Gasteiger partial charge in [0.25, 0.3) is 0 Å². The average molecular weight is 261 g/mol. The lowest BCUT2D eigenvalue weighted by molar-refractivity contribution is -0.144. The lowest BCUT2D eigenvalue weighted by Crippen LogP contribution is -2.10. The van der Waals surface area contributed by atoms with Gasteiger partial charge in [-0.25, -0.2) is 19.9 Å². The van der Waals surface area contributed by atoms with Crippen molar-refractivity contribution in [3.63, 3.8) is 0 Å². The van der Waals surface area contributed by atoms with E-state index in [1.807, 2.05) is 0 Å². The normalized spacial score (nSPS) is 11.5. The molecule has 2 rings (SSSR count). The number of halogens is 4. The summed E-state index contributed by atoms with van der Waals surface area (Å²) in [4.78, 5) is 13.9. The van der Waals surface area contributed by atoms with Crippen molar-refractivity contribution in [2.24, 2.45) is 0 Å². The van der Waals surface area contributed by atoms with Crippen molar-refractivity contribution < 1.29 is 13.2 Å². The van der Waals surface area contributed by atoms with Gasteiger partial charge in [-0.1, -0.05) is 11.6 Å². The molecule has 2 aromatic heterocycles. The SMILES string of the molecule is FC(F)(F)c1ncc(-c2cc(Cl)ncn2)cn1. The fourth-order valence-corrected chi connectivity index (χ4v) is 1.25. The zero-order valence-electron chi connectivity index (χ0n) is 8.11. The minimum absolute atomic E-state index is 0.190. The third-order valence-electron chi connectivity index (χ3n) is 1.83. The molecular weight excluding hydrogens is 257 g/mol. The molecule has 8 heteroatoms. The predicted molar refractivity (Wildman–Crippen MR) is 53.1 cm³/mol. The van der Waals surface area contributed by atoms with E-state index in [0.29, 0.717) is 11.3 Å². The largest absolute Gasteiger partial charge is 0.451 e. The van der Waals surface area contributed by atoms with Gasteiger partial charge in [0.1, 0.15) is 11.5 Å². The lowest BCUT2D eigenvalue weighted by Gasteiger charge is -2.05. The molecule has 0 spiro atoms. The first-order valence-corrected chi connectivity index (χ1v) is 4.72. The number of nitrogens with zero attached hydrogens (tertiary/aromatic N) is 4. The van der Waals surface area contributed by atoms with Crippen molar-refractivity contribution in [1.29, 1.82) is 0 Å². The first-order valence-electron chi connectivity index (χ1n) is 4.34. The molecular formula is C9H4ClF3N4. The van der Waals surface area contributed by atoms with Gasteiger partial charge < -0.3 is 0 Å². The highest BCUT2D eigenvalue weighted by Gasteiger charge is 2.34. The molecule has 0 saturated carbocycles. The second kappa shape index (κ2) is 4.25. The van der Waals surface area contributed by atoms with Gasteiger partial charge >= 0.3 is 6.18 Å². The van der Waals surface area contributed by atoms with Gasteiger partial charge in [0.15, 0.2) is 0 Å². The van der Waals surface area contributed by atoms with Crippen LogP contribution >= 0.6 is 11.6 Å². The van der Waals surface area contributed by atoms with E-state index in [1.165, 1.54) is 12.4 Å². The number of alkyl halides is 3. The molecule has 0 aromatic carbocycles. The summed E-state index contributed by atoms with van der Waals surface area (Å²) in [7, 11) is 0. The van der Waals surface area contributed by atoms with Crippen LogP contribution in [0.15, 0.2) is 24.8 Å². The molecule has 17 heavy (non-hydrogen) atoms. The summed E-state index contributed by atoms with van der Waals surface area (Å²) < 4.78 is 36.6. The highest BCUT2D eigenvalue weighted by Crippen LogP contribution is 2.26. The number of hydrogen-bond acceptors (Lipinski definition) is 4. The van der Waals surface area contributed by atoms with Crippen molar-refractivity contribution in [3.8, 4) is 11.3 Å². The van der Waals surface area contributed by atoms with Crippen molar-refractivity contribution in [1.82, 2.24) is 19.9 Å². The Labute approximate surface area is 98.5 Å². The molecule has 0 fully saturated rings. The molecule has 0 N–H and O–H groups in total. The Morgan fingerprint density at radius 3 is 2.18 bits per heavy atom. The number of hydrogen-bond donors (Lipinski definition) is 0. The molecule has 0 unspecified atom stereocenters. The summed E-state index contributed by atoms with van der Waals surface area (Å²) in [6.07, 6.45) is -1.28. The van der Waals surface area contributed by atoms with Gasteiger partial charge in [-0.05, 0) is 0 Å². The van der Waals surface area contributed by atoms with Crippen LogP contribution in [0.1, 0.15) is 5.82 Å². The van der Waals surface area contributed by atoms with Crippen LogP contribution in [-0.2, 0) is 6.18 Å². The van der Waals surface area contributed by atoms with E-state index in [2.05, 4.69) is 19.9 Å². The maximum atomic E-state index is 12.2. The van der Waals surface area contributed by atoms with Gasteiger partial charge in [0.2, 0.25) is 5.82 Å². The van der Waals surface area contributed by atoms with Crippen molar-refractivity contribution in [3.05, 3.63) is 35.8 Å². The quantitative estimate of drug-likeness (QED) is 0.740. The van der Waals surface area contributed by atoms with E-state index in [9.17, 15) is 13.2 Å². The van der Waals surface area contributed by atoms with Crippen LogP contribution in [-0.4, -0.2) is 19.9 Å². The molecule has 0 amide bonds. The number of rotatable bonds is 1. The Kier molecular flexibility index (Phi) is 2.93. The molecule has 88 valence electrons. The zero-order valence-corrected chi connectivity index (χ0v) is 8.87. The first-order chi connectivity index (χ1) is 7.97. The number of aromatic nitrogens is 4. The van der Waals surface area contributed by atoms with Gasteiger partial charge in [0, 0.05) is 24.0 Å². The van der Waals surface area contributed by atoms with Crippen LogP contribution < -0.4 is 0 Å². The van der Waals surface area contributed by atoms with E-state index < -0.39 is 12.0 Å². The van der Waals surface area contributed by atoms with Gasteiger partial charge in [-0.15, -0.1) is 0 Å². The van der Waals surface area contributed by atoms with E-state index in [-0.39, 0.29) is 5.15 Å². The maximum absolute atomic E-state index is 12.2. The third-order valence-corrected chi connectivity index (χ3v) is 2.04. The van der Waals surface area contributed by atoms with Crippen LogP contribution in [0.4, 0.5) is 13.2 Å². The van der Waals surface area contributed by atoms with Gasteiger partial charge in [-0.3, -0.25) is 0 Å². The van der Waals surface area contributed by atoms with Crippen LogP contribution in [0.5, 0.6) is 0 Å². The summed E-state index contributed by atoms with van der Waals surface area (Å²) in [5.74, 6) is -1.19. The van der Waals surface area contributed by atoms with Crippen LogP contribution in [0.2, 0.25) is 5.15 Å². The van der Waals surface area contributed by atoms with Crippen LogP contribution in [0.25, 0.3) is 11.3 Å². The van der Waals surface area contributed by atoms with E-state index in [1.54, 1.807) is 0 Å². The lowest BCUT2D eigenvalue weighted by atomic mass is 10.2. The minimum Gasteiger partial charge on any atom is -0.236 e.